The van der Waals surface area contributed by atoms with Gasteiger partial charge < -0.3 is 10.3 Å². The van der Waals surface area contributed by atoms with Gasteiger partial charge in [0.15, 0.2) is 5.82 Å². The van der Waals surface area contributed by atoms with Gasteiger partial charge in [-0.05, 0) is 32.3 Å². The van der Waals surface area contributed by atoms with E-state index in [4.69, 9.17) is 10.3 Å². The van der Waals surface area contributed by atoms with Crippen LogP contribution in [0, 0.1) is 6.92 Å². The largest absolute Gasteiger partial charge is 0.339 e. The van der Waals surface area contributed by atoms with Crippen LogP contribution in [0.4, 0.5) is 0 Å². The Balaban J connectivity index is 1.88. The number of aromatic nitrogens is 2. The quantitative estimate of drug-likeness (QED) is 0.866. The topological polar surface area (TPSA) is 64.9 Å². The van der Waals surface area contributed by atoms with Gasteiger partial charge in [-0.15, -0.1) is 0 Å². The second-order valence-electron chi connectivity index (χ2n) is 5.14. The van der Waals surface area contributed by atoms with Crippen molar-refractivity contribution in [1.29, 1.82) is 0 Å². The van der Waals surface area contributed by atoms with Crippen molar-refractivity contribution in [2.75, 3.05) is 0 Å². The second-order valence-corrected chi connectivity index (χ2v) is 5.14. The molecule has 4 heteroatoms. The third-order valence-electron chi connectivity index (χ3n) is 3.04. The van der Waals surface area contributed by atoms with Crippen LogP contribution in [-0.2, 0) is 12.8 Å². The van der Waals surface area contributed by atoms with E-state index in [9.17, 15) is 0 Å². The smallest absolute Gasteiger partial charge is 0.226 e. The normalized spacial score (nSPS) is 12.6. The molecular formula is C15H21N3O. The molecule has 102 valence electrons. The number of hydrogen-bond donors (Lipinski definition) is 1. The van der Waals surface area contributed by atoms with Gasteiger partial charge in [-0.3, -0.25) is 0 Å². The minimum absolute atomic E-state index is 0.231. The Hall–Kier alpha value is -1.68. The first-order valence-electron chi connectivity index (χ1n) is 6.76. The van der Waals surface area contributed by atoms with Crippen LogP contribution in [0.25, 0.3) is 0 Å². The van der Waals surface area contributed by atoms with Crippen LogP contribution in [0.2, 0.25) is 0 Å². The van der Waals surface area contributed by atoms with Crippen molar-refractivity contribution in [3.8, 4) is 0 Å². The molecule has 0 aliphatic carbocycles. The number of rotatable bonds is 6. The second kappa shape index (κ2) is 6.48. The zero-order valence-electron chi connectivity index (χ0n) is 11.6. The molecule has 0 amide bonds. The summed E-state index contributed by atoms with van der Waals surface area (Å²) < 4.78 is 5.24. The van der Waals surface area contributed by atoms with Crippen LogP contribution >= 0.6 is 0 Å². The maximum atomic E-state index is 5.71. The third-order valence-corrected chi connectivity index (χ3v) is 3.04. The van der Waals surface area contributed by atoms with Gasteiger partial charge in [0.25, 0.3) is 0 Å². The van der Waals surface area contributed by atoms with Gasteiger partial charge in [-0.1, -0.05) is 35.0 Å². The number of benzene rings is 1. The summed E-state index contributed by atoms with van der Waals surface area (Å²) in [5.74, 6) is 1.46. The number of hydrogen-bond acceptors (Lipinski definition) is 4. The fraction of sp³-hybridized carbons (Fsp3) is 0.467. The summed E-state index contributed by atoms with van der Waals surface area (Å²) >= 11 is 0. The highest BCUT2D eigenvalue weighted by molar-refractivity contribution is 5.23. The Morgan fingerprint density at radius 1 is 1.26 bits per heavy atom. The van der Waals surface area contributed by atoms with Crippen molar-refractivity contribution in [3.05, 3.63) is 47.1 Å². The Morgan fingerprint density at radius 2 is 2.00 bits per heavy atom. The molecule has 1 heterocycles. The van der Waals surface area contributed by atoms with Gasteiger partial charge in [0.2, 0.25) is 5.89 Å². The van der Waals surface area contributed by atoms with Crippen molar-refractivity contribution in [3.63, 3.8) is 0 Å². The molecule has 1 atom stereocenters. The van der Waals surface area contributed by atoms with Crippen molar-refractivity contribution in [1.82, 2.24) is 10.1 Å². The Morgan fingerprint density at radius 3 is 2.68 bits per heavy atom. The summed E-state index contributed by atoms with van der Waals surface area (Å²) in [5, 5.41) is 4.01. The Labute approximate surface area is 114 Å². The predicted molar refractivity (Wildman–Crippen MR) is 74.9 cm³/mol. The van der Waals surface area contributed by atoms with Crippen molar-refractivity contribution >= 4 is 0 Å². The summed E-state index contributed by atoms with van der Waals surface area (Å²) in [7, 11) is 0. The van der Waals surface area contributed by atoms with Crippen LogP contribution < -0.4 is 5.73 Å². The molecule has 0 bridgehead atoms. The summed E-state index contributed by atoms with van der Waals surface area (Å²) in [5.41, 5.74) is 8.17. The summed E-state index contributed by atoms with van der Waals surface area (Å²) in [6.45, 7) is 4.09. The molecule has 2 aromatic rings. The molecule has 19 heavy (non-hydrogen) atoms. The highest BCUT2D eigenvalue weighted by Crippen LogP contribution is 2.10. The van der Waals surface area contributed by atoms with E-state index < -0.39 is 0 Å². The number of nitrogens with two attached hydrogens (primary N) is 1. The van der Waals surface area contributed by atoms with Gasteiger partial charge in [0, 0.05) is 18.9 Å². The minimum Gasteiger partial charge on any atom is -0.339 e. The summed E-state index contributed by atoms with van der Waals surface area (Å²) in [4.78, 5) is 4.41. The molecule has 2 rings (SSSR count). The van der Waals surface area contributed by atoms with E-state index in [-0.39, 0.29) is 6.04 Å². The van der Waals surface area contributed by atoms with E-state index in [1.54, 1.807) is 0 Å². The summed E-state index contributed by atoms with van der Waals surface area (Å²) in [6.07, 6.45) is 3.50. The molecule has 0 aliphatic heterocycles. The first-order valence-corrected chi connectivity index (χ1v) is 6.76. The molecule has 0 spiro atoms. The van der Waals surface area contributed by atoms with E-state index in [1.807, 2.05) is 6.92 Å². The van der Waals surface area contributed by atoms with Gasteiger partial charge >= 0.3 is 0 Å². The van der Waals surface area contributed by atoms with E-state index in [2.05, 4.69) is 41.3 Å². The molecule has 1 aromatic heterocycles. The van der Waals surface area contributed by atoms with Crippen LogP contribution in [0.1, 0.15) is 42.6 Å². The maximum absolute atomic E-state index is 5.71. The molecule has 0 fully saturated rings. The average Bonchev–Trinajstić information content (AvgIpc) is 2.79. The Kier molecular flexibility index (Phi) is 4.68. The van der Waals surface area contributed by atoms with Crippen LogP contribution in [-0.4, -0.2) is 16.2 Å². The van der Waals surface area contributed by atoms with E-state index in [0.717, 1.165) is 31.5 Å². The molecule has 0 aliphatic rings. The van der Waals surface area contributed by atoms with Gasteiger partial charge in [0.1, 0.15) is 0 Å². The third kappa shape index (κ3) is 4.48. The molecule has 0 saturated heterocycles. The lowest BCUT2D eigenvalue weighted by atomic mass is 10.1. The SMILES string of the molecule is Cc1ccc(Cc2noc(CCCC(C)N)n2)cc1. The Bertz CT molecular complexity index is 502. The van der Waals surface area contributed by atoms with E-state index in [1.165, 1.54) is 11.1 Å². The monoisotopic (exact) mass is 259 g/mol. The van der Waals surface area contributed by atoms with Gasteiger partial charge in [0.05, 0.1) is 0 Å². The van der Waals surface area contributed by atoms with E-state index >= 15 is 0 Å². The minimum atomic E-state index is 0.231. The number of nitrogens with zero attached hydrogens (tertiary/aromatic N) is 2. The molecule has 4 nitrogen and oxygen atoms in total. The highest BCUT2D eigenvalue weighted by Gasteiger charge is 2.07. The molecule has 0 saturated carbocycles. The van der Waals surface area contributed by atoms with Crippen LogP contribution in [0.15, 0.2) is 28.8 Å². The fourth-order valence-corrected chi connectivity index (χ4v) is 1.93. The number of aryl methyl sites for hydroxylation is 2. The summed E-state index contributed by atoms with van der Waals surface area (Å²) in [6, 6.07) is 8.62. The van der Waals surface area contributed by atoms with Crippen molar-refractivity contribution in [2.45, 2.75) is 45.6 Å². The molecule has 0 radical (unpaired) electrons. The van der Waals surface area contributed by atoms with Gasteiger partial charge in [-0.25, -0.2) is 0 Å². The first-order chi connectivity index (χ1) is 9.13. The van der Waals surface area contributed by atoms with Crippen LogP contribution in [0.5, 0.6) is 0 Å². The average molecular weight is 259 g/mol. The highest BCUT2D eigenvalue weighted by atomic mass is 16.5. The van der Waals surface area contributed by atoms with Crippen LogP contribution in [0.3, 0.4) is 0 Å². The molecule has 2 N–H and O–H groups in total. The maximum Gasteiger partial charge on any atom is 0.226 e. The first kappa shape index (κ1) is 13.7. The molecule has 1 aromatic carbocycles. The lowest BCUT2D eigenvalue weighted by Crippen LogP contribution is -2.14. The molecular weight excluding hydrogens is 238 g/mol. The zero-order valence-corrected chi connectivity index (χ0v) is 11.6. The lowest BCUT2D eigenvalue weighted by Gasteiger charge is -2.00. The zero-order chi connectivity index (χ0) is 13.7. The van der Waals surface area contributed by atoms with Gasteiger partial charge in [-0.2, -0.15) is 4.98 Å². The van der Waals surface area contributed by atoms with Crippen molar-refractivity contribution in [2.24, 2.45) is 5.73 Å². The standard InChI is InChI=1S/C15H21N3O/c1-11-6-8-13(9-7-11)10-14-17-15(19-18-14)5-3-4-12(2)16/h6-9,12H,3-5,10,16H2,1-2H3. The lowest BCUT2D eigenvalue weighted by molar-refractivity contribution is 0.368. The molecule has 1 unspecified atom stereocenters. The van der Waals surface area contributed by atoms with Crippen molar-refractivity contribution < 1.29 is 4.52 Å². The predicted octanol–water partition coefficient (Wildman–Crippen LogP) is 2.64. The fourth-order valence-electron chi connectivity index (χ4n) is 1.93. The van der Waals surface area contributed by atoms with E-state index in [0.29, 0.717) is 5.89 Å².